The second-order valence-electron chi connectivity index (χ2n) is 8.23. The lowest BCUT2D eigenvalue weighted by molar-refractivity contribution is 0.00692. The number of rotatable bonds is 2. The second kappa shape index (κ2) is 9.70. The zero-order valence-corrected chi connectivity index (χ0v) is 20.1. The molecule has 2 rings (SSSR count). The van der Waals surface area contributed by atoms with Crippen molar-refractivity contribution in [3.63, 3.8) is 0 Å². The van der Waals surface area contributed by atoms with Crippen molar-refractivity contribution in [2.45, 2.75) is 52.6 Å². The zero-order valence-electron chi connectivity index (χ0n) is 17.0. The van der Waals surface area contributed by atoms with Crippen LogP contribution in [-0.4, -0.2) is 22.6 Å². The molecular weight excluding hydrogens is 488 g/mol. The largest absolute Gasteiger partial charge is 0.478 e. The highest BCUT2D eigenvalue weighted by atomic mass is 79.9. The molecule has 0 fully saturated rings. The summed E-state index contributed by atoms with van der Waals surface area (Å²) in [5.41, 5.74) is 1.15. The lowest BCUT2D eigenvalue weighted by Gasteiger charge is -2.22. The number of carbonyl (C=O) groups excluding carboxylic acids is 1. The molecule has 0 unspecified atom stereocenters. The van der Waals surface area contributed by atoms with Gasteiger partial charge < -0.3 is 9.84 Å². The first-order valence-electron chi connectivity index (χ1n) is 8.73. The molecule has 0 aliphatic rings. The number of carboxylic acid groups (broad SMARTS) is 1. The minimum absolute atomic E-state index is 0.173. The topological polar surface area (TPSA) is 63.6 Å². The number of halogens is 2. The Morgan fingerprint density at radius 1 is 0.929 bits per heavy atom. The number of hydrogen-bond donors (Lipinski definition) is 1. The molecule has 0 amide bonds. The number of carboxylic acids is 1. The molecule has 2 aromatic carbocycles. The van der Waals surface area contributed by atoms with Gasteiger partial charge in [0.25, 0.3) is 0 Å². The lowest BCUT2D eigenvalue weighted by Crippen LogP contribution is -2.23. The van der Waals surface area contributed by atoms with Gasteiger partial charge in [0.15, 0.2) is 0 Å². The highest BCUT2D eigenvalue weighted by molar-refractivity contribution is 9.10. The van der Waals surface area contributed by atoms with Crippen molar-refractivity contribution in [2.24, 2.45) is 0 Å². The number of benzene rings is 2. The predicted octanol–water partition coefficient (Wildman–Crippen LogP) is 6.85. The minimum Gasteiger partial charge on any atom is -0.478 e. The first-order valence-corrected chi connectivity index (χ1v) is 10.3. The van der Waals surface area contributed by atoms with Crippen molar-refractivity contribution in [1.82, 2.24) is 0 Å². The Hall–Kier alpha value is -1.66. The molecular formula is C22H26Br2O4. The molecule has 28 heavy (non-hydrogen) atoms. The van der Waals surface area contributed by atoms with Gasteiger partial charge in [-0.3, -0.25) is 0 Å². The molecule has 0 aliphatic heterocycles. The van der Waals surface area contributed by atoms with Gasteiger partial charge in [0.1, 0.15) is 5.60 Å². The molecule has 0 radical (unpaired) electrons. The molecule has 0 saturated carbocycles. The maximum atomic E-state index is 11.6. The van der Waals surface area contributed by atoms with Crippen LogP contribution in [0.3, 0.4) is 0 Å². The van der Waals surface area contributed by atoms with Crippen LogP contribution in [0.25, 0.3) is 0 Å². The van der Waals surface area contributed by atoms with E-state index in [9.17, 15) is 9.59 Å². The van der Waals surface area contributed by atoms with Crippen molar-refractivity contribution in [2.75, 3.05) is 0 Å². The van der Waals surface area contributed by atoms with Crippen molar-refractivity contribution < 1.29 is 19.4 Å². The van der Waals surface area contributed by atoms with Crippen LogP contribution in [0.1, 0.15) is 67.8 Å². The third-order valence-electron chi connectivity index (χ3n) is 3.45. The standard InChI is InChI=1S/2C11H13BrO2/c1-11(2,3)14-10(13)8-5-4-6-9(12)7-8;1-11(2,3)9-7(10(13)14)5-4-6-8(9)12/h4-7H,1-3H3;4-6H,1-3H3,(H,13,14). The van der Waals surface area contributed by atoms with Crippen LogP contribution in [-0.2, 0) is 10.2 Å². The summed E-state index contributed by atoms with van der Waals surface area (Å²) in [6.45, 7) is 11.5. The van der Waals surface area contributed by atoms with E-state index in [4.69, 9.17) is 9.84 Å². The Balaban J connectivity index is 0.000000280. The van der Waals surface area contributed by atoms with Crippen LogP contribution in [0, 0.1) is 0 Å². The van der Waals surface area contributed by atoms with Crippen molar-refractivity contribution in [3.8, 4) is 0 Å². The summed E-state index contributed by atoms with van der Waals surface area (Å²) in [4.78, 5) is 22.6. The minimum atomic E-state index is -0.878. The third kappa shape index (κ3) is 7.76. The Labute approximate surface area is 183 Å². The molecule has 6 heteroatoms. The van der Waals surface area contributed by atoms with E-state index in [0.29, 0.717) is 11.1 Å². The van der Waals surface area contributed by atoms with Crippen LogP contribution >= 0.6 is 31.9 Å². The highest BCUT2D eigenvalue weighted by Gasteiger charge is 2.23. The fourth-order valence-electron chi connectivity index (χ4n) is 2.42. The molecule has 0 saturated heterocycles. The fraction of sp³-hybridized carbons (Fsp3) is 0.364. The van der Waals surface area contributed by atoms with Gasteiger partial charge in [0.2, 0.25) is 0 Å². The van der Waals surface area contributed by atoms with Gasteiger partial charge in [-0.25, -0.2) is 9.59 Å². The maximum Gasteiger partial charge on any atom is 0.338 e. The molecule has 0 heterocycles. The van der Waals surface area contributed by atoms with E-state index in [1.54, 1.807) is 24.3 Å². The molecule has 4 nitrogen and oxygen atoms in total. The van der Waals surface area contributed by atoms with E-state index >= 15 is 0 Å². The molecule has 0 aromatic heterocycles. The van der Waals surface area contributed by atoms with Crippen molar-refractivity contribution in [3.05, 3.63) is 68.1 Å². The highest BCUT2D eigenvalue weighted by Crippen LogP contribution is 2.32. The molecule has 1 N–H and O–H groups in total. The fourth-order valence-corrected chi connectivity index (χ4v) is 3.78. The Morgan fingerprint density at radius 2 is 1.50 bits per heavy atom. The maximum absolute atomic E-state index is 11.6. The number of hydrogen-bond acceptors (Lipinski definition) is 3. The molecule has 0 spiro atoms. The van der Waals surface area contributed by atoms with Gasteiger partial charge in [0, 0.05) is 8.95 Å². The Kier molecular flexibility index (Phi) is 8.45. The van der Waals surface area contributed by atoms with Gasteiger partial charge in [-0.15, -0.1) is 0 Å². The van der Waals surface area contributed by atoms with E-state index in [0.717, 1.165) is 14.5 Å². The van der Waals surface area contributed by atoms with Gasteiger partial charge in [-0.05, 0) is 62.1 Å². The summed E-state index contributed by atoms with van der Waals surface area (Å²) in [6.07, 6.45) is 0. The smallest absolute Gasteiger partial charge is 0.338 e. The number of esters is 1. The van der Waals surface area contributed by atoms with E-state index in [1.807, 2.05) is 59.7 Å². The molecule has 2 aromatic rings. The van der Waals surface area contributed by atoms with E-state index in [2.05, 4.69) is 31.9 Å². The van der Waals surface area contributed by atoms with Crippen LogP contribution in [0.2, 0.25) is 0 Å². The monoisotopic (exact) mass is 512 g/mol. The Morgan fingerprint density at radius 3 is 1.93 bits per heavy atom. The van der Waals surface area contributed by atoms with Gasteiger partial charge in [-0.2, -0.15) is 0 Å². The van der Waals surface area contributed by atoms with Gasteiger partial charge in [-0.1, -0.05) is 64.8 Å². The number of ether oxygens (including phenoxy) is 1. The first kappa shape index (κ1) is 24.4. The number of carbonyl (C=O) groups is 2. The summed E-state index contributed by atoms with van der Waals surface area (Å²) < 4.78 is 6.95. The third-order valence-corrected chi connectivity index (χ3v) is 4.61. The summed E-state index contributed by atoms with van der Waals surface area (Å²) >= 11 is 6.69. The van der Waals surface area contributed by atoms with E-state index in [1.165, 1.54) is 0 Å². The molecule has 0 atom stereocenters. The molecule has 0 aliphatic carbocycles. The normalized spacial score (nSPS) is 11.3. The molecule has 0 bridgehead atoms. The lowest BCUT2D eigenvalue weighted by atomic mass is 9.84. The van der Waals surface area contributed by atoms with Crippen LogP contribution in [0.5, 0.6) is 0 Å². The quantitative estimate of drug-likeness (QED) is 0.446. The van der Waals surface area contributed by atoms with E-state index < -0.39 is 11.6 Å². The summed E-state index contributed by atoms with van der Waals surface area (Å²) in [6, 6.07) is 12.4. The zero-order chi connectivity index (χ0) is 21.7. The second-order valence-corrected chi connectivity index (χ2v) is 10.00. The average molecular weight is 514 g/mol. The summed E-state index contributed by atoms with van der Waals surface area (Å²) in [5, 5.41) is 9.03. The van der Waals surface area contributed by atoms with Crippen molar-refractivity contribution in [1.29, 1.82) is 0 Å². The first-order chi connectivity index (χ1) is 12.7. The van der Waals surface area contributed by atoms with Crippen LogP contribution < -0.4 is 0 Å². The Bertz CT molecular complexity index is 846. The van der Waals surface area contributed by atoms with Gasteiger partial charge >= 0.3 is 11.9 Å². The summed E-state index contributed by atoms with van der Waals surface area (Å²) in [5.74, 6) is -1.17. The molecule has 152 valence electrons. The SMILES string of the molecule is CC(C)(C)OC(=O)c1cccc(Br)c1.CC(C)(C)c1c(Br)cccc1C(=O)O. The predicted molar refractivity (Wildman–Crippen MR) is 119 cm³/mol. The van der Waals surface area contributed by atoms with Gasteiger partial charge in [0.05, 0.1) is 11.1 Å². The number of aromatic carboxylic acids is 1. The van der Waals surface area contributed by atoms with E-state index in [-0.39, 0.29) is 11.4 Å². The summed E-state index contributed by atoms with van der Waals surface area (Å²) in [7, 11) is 0. The average Bonchev–Trinajstić information content (AvgIpc) is 2.52. The van der Waals surface area contributed by atoms with Crippen molar-refractivity contribution >= 4 is 43.8 Å². The van der Waals surface area contributed by atoms with Crippen LogP contribution in [0.4, 0.5) is 0 Å². The van der Waals surface area contributed by atoms with Crippen LogP contribution in [0.15, 0.2) is 51.4 Å².